The molecule has 1 aliphatic heterocycles. The summed E-state index contributed by atoms with van der Waals surface area (Å²) >= 11 is 0. The molecule has 4 rings (SSSR count). The van der Waals surface area contributed by atoms with Crippen molar-refractivity contribution in [2.24, 2.45) is 5.41 Å². The fourth-order valence-corrected chi connectivity index (χ4v) is 4.28. The second-order valence-corrected chi connectivity index (χ2v) is 6.75. The molecule has 2 saturated carbocycles. The first-order valence-corrected chi connectivity index (χ1v) is 8.44. The van der Waals surface area contributed by atoms with Crippen LogP contribution >= 0.6 is 0 Å². The van der Waals surface area contributed by atoms with Crippen molar-refractivity contribution in [3.63, 3.8) is 0 Å². The van der Waals surface area contributed by atoms with Gasteiger partial charge in [0.1, 0.15) is 0 Å². The fourth-order valence-electron chi connectivity index (χ4n) is 4.28. The first-order chi connectivity index (χ1) is 10.7. The highest BCUT2D eigenvalue weighted by molar-refractivity contribution is 5.94. The van der Waals surface area contributed by atoms with Crippen LogP contribution in [0.15, 0.2) is 0 Å². The fraction of sp³-hybridized carbons (Fsp3) is 0.750. The van der Waals surface area contributed by atoms with E-state index in [1.54, 1.807) is 0 Å². The molecule has 6 heteroatoms. The standard InChI is InChI=1S/C16H24N4O2/c1-2-22-13-8-12(16(13)5-3-6-16)18-15(21)14-10-9-17-7-4-11(10)19-20-14/h12-13,17H,2-9H2,1H3,(H,18,21)(H,19,20). The molecule has 0 saturated heterocycles. The summed E-state index contributed by atoms with van der Waals surface area (Å²) in [5, 5.41) is 13.8. The number of aromatic amines is 1. The van der Waals surface area contributed by atoms with E-state index in [0.717, 1.165) is 43.8 Å². The van der Waals surface area contributed by atoms with E-state index < -0.39 is 0 Å². The molecular formula is C16H24N4O2. The molecule has 2 unspecified atom stereocenters. The van der Waals surface area contributed by atoms with E-state index in [0.29, 0.717) is 11.8 Å². The van der Waals surface area contributed by atoms with Gasteiger partial charge in [0.25, 0.3) is 5.91 Å². The van der Waals surface area contributed by atoms with Crippen molar-refractivity contribution >= 4 is 5.91 Å². The Bertz CT molecular complexity index is 579. The van der Waals surface area contributed by atoms with E-state index >= 15 is 0 Å². The Kier molecular flexibility index (Phi) is 3.46. The minimum atomic E-state index is -0.0348. The monoisotopic (exact) mass is 304 g/mol. The van der Waals surface area contributed by atoms with Crippen molar-refractivity contribution in [1.29, 1.82) is 0 Å². The van der Waals surface area contributed by atoms with E-state index in [1.165, 1.54) is 19.3 Å². The van der Waals surface area contributed by atoms with Crippen LogP contribution < -0.4 is 10.6 Å². The summed E-state index contributed by atoms with van der Waals surface area (Å²) in [6, 6.07) is 0.245. The van der Waals surface area contributed by atoms with Gasteiger partial charge < -0.3 is 15.4 Å². The predicted molar refractivity (Wildman–Crippen MR) is 81.6 cm³/mol. The third-order valence-corrected chi connectivity index (χ3v) is 5.76. The zero-order valence-corrected chi connectivity index (χ0v) is 13.1. The minimum Gasteiger partial charge on any atom is -0.378 e. The van der Waals surface area contributed by atoms with Crippen LogP contribution in [0.25, 0.3) is 0 Å². The molecule has 1 aromatic heterocycles. The van der Waals surface area contributed by atoms with Crippen molar-refractivity contribution in [2.75, 3.05) is 13.2 Å². The number of ether oxygens (including phenoxy) is 1. The van der Waals surface area contributed by atoms with Crippen LogP contribution in [0.5, 0.6) is 0 Å². The van der Waals surface area contributed by atoms with Gasteiger partial charge in [-0.05, 0) is 26.2 Å². The zero-order chi connectivity index (χ0) is 15.2. The third kappa shape index (κ3) is 2.01. The van der Waals surface area contributed by atoms with Gasteiger partial charge in [-0.25, -0.2) is 0 Å². The largest absolute Gasteiger partial charge is 0.378 e. The number of hydrogen-bond donors (Lipinski definition) is 3. The van der Waals surface area contributed by atoms with Crippen LogP contribution in [0.1, 0.15) is 54.4 Å². The van der Waals surface area contributed by atoms with E-state index in [-0.39, 0.29) is 17.4 Å². The smallest absolute Gasteiger partial charge is 0.272 e. The number of fused-ring (bicyclic) bond motifs is 1. The molecule has 2 aliphatic carbocycles. The number of nitrogens with one attached hydrogen (secondary N) is 3. The molecule has 2 heterocycles. The number of aromatic nitrogens is 2. The SMILES string of the molecule is CCOC1CC(NC(=O)c2n[nH]c3c2CNCC3)C12CCC2. The predicted octanol–water partition coefficient (Wildman–Crippen LogP) is 1.13. The van der Waals surface area contributed by atoms with E-state index in [1.807, 2.05) is 6.92 Å². The molecular weight excluding hydrogens is 280 g/mol. The highest BCUT2D eigenvalue weighted by atomic mass is 16.5. The zero-order valence-electron chi connectivity index (χ0n) is 13.1. The van der Waals surface area contributed by atoms with Crippen molar-refractivity contribution in [3.05, 3.63) is 17.0 Å². The molecule has 6 nitrogen and oxygen atoms in total. The summed E-state index contributed by atoms with van der Waals surface area (Å²) in [6.07, 6.45) is 5.76. The lowest BCUT2D eigenvalue weighted by molar-refractivity contribution is -0.169. The molecule has 120 valence electrons. The number of amides is 1. The molecule has 2 fully saturated rings. The molecule has 0 bridgehead atoms. The van der Waals surface area contributed by atoms with E-state index in [9.17, 15) is 4.79 Å². The Hall–Kier alpha value is -1.40. The third-order valence-electron chi connectivity index (χ3n) is 5.76. The van der Waals surface area contributed by atoms with Gasteiger partial charge in [0.15, 0.2) is 5.69 Å². The summed E-state index contributed by atoms with van der Waals surface area (Å²) < 4.78 is 5.85. The highest BCUT2D eigenvalue weighted by Crippen LogP contribution is 2.57. The minimum absolute atomic E-state index is 0.0348. The lowest BCUT2D eigenvalue weighted by atomic mass is 9.51. The Labute approximate surface area is 130 Å². The number of H-pyrrole nitrogens is 1. The number of carbonyl (C=O) groups is 1. The molecule has 22 heavy (non-hydrogen) atoms. The van der Waals surface area contributed by atoms with Crippen LogP contribution in [-0.4, -0.2) is 41.4 Å². The average molecular weight is 304 g/mol. The molecule has 3 N–H and O–H groups in total. The second kappa shape index (κ2) is 5.35. The molecule has 3 aliphatic rings. The van der Waals surface area contributed by atoms with Crippen LogP contribution in [0.3, 0.4) is 0 Å². The lowest BCUT2D eigenvalue weighted by Gasteiger charge is -2.60. The summed E-state index contributed by atoms with van der Waals surface area (Å²) in [7, 11) is 0. The number of rotatable bonds is 4. The van der Waals surface area contributed by atoms with E-state index in [2.05, 4.69) is 20.8 Å². The number of nitrogens with zero attached hydrogens (tertiary/aromatic N) is 1. The van der Waals surface area contributed by atoms with Gasteiger partial charge >= 0.3 is 0 Å². The molecule has 1 aromatic rings. The summed E-state index contributed by atoms with van der Waals surface area (Å²) in [4.78, 5) is 12.6. The lowest BCUT2D eigenvalue weighted by Crippen LogP contribution is -2.67. The van der Waals surface area contributed by atoms with Gasteiger partial charge in [-0.3, -0.25) is 9.89 Å². The Morgan fingerprint density at radius 2 is 2.36 bits per heavy atom. The molecule has 1 spiro atoms. The van der Waals surface area contributed by atoms with Crippen molar-refractivity contribution in [3.8, 4) is 0 Å². The molecule has 2 atom stereocenters. The highest BCUT2D eigenvalue weighted by Gasteiger charge is 2.59. The van der Waals surface area contributed by atoms with Crippen LogP contribution in [0, 0.1) is 5.41 Å². The van der Waals surface area contributed by atoms with Crippen molar-refractivity contribution in [1.82, 2.24) is 20.8 Å². The van der Waals surface area contributed by atoms with Gasteiger partial charge in [0.05, 0.1) is 6.10 Å². The number of carbonyl (C=O) groups excluding carboxylic acids is 1. The summed E-state index contributed by atoms with van der Waals surface area (Å²) in [5.41, 5.74) is 2.90. The van der Waals surface area contributed by atoms with Gasteiger partial charge in [0, 0.05) is 48.8 Å². The normalized spacial score (nSPS) is 28.6. The Morgan fingerprint density at radius 1 is 1.50 bits per heavy atom. The first kappa shape index (κ1) is 14.2. The Balaban J connectivity index is 1.46. The van der Waals surface area contributed by atoms with Gasteiger partial charge in [0.2, 0.25) is 0 Å². The molecule has 1 amide bonds. The number of hydrogen-bond acceptors (Lipinski definition) is 4. The second-order valence-electron chi connectivity index (χ2n) is 6.75. The molecule has 0 aromatic carbocycles. The maximum absolute atomic E-state index is 12.6. The summed E-state index contributed by atoms with van der Waals surface area (Å²) in [5.74, 6) is -0.0348. The average Bonchev–Trinajstić information content (AvgIpc) is 2.88. The maximum atomic E-state index is 12.6. The first-order valence-electron chi connectivity index (χ1n) is 8.44. The Morgan fingerprint density at radius 3 is 3.09 bits per heavy atom. The van der Waals surface area contributed by atoms with Crippen LogP contribution in [0.2, 0.25) is 0 Å². The van der Waals surface area contributed by atoms with Crippen LogP contribution in [0.4, 0.5) is 0 Å². The van der Waals surface area contributed by atoms with Crippen molar-refractivity contribution < 1.29 is 9.53 Å². The summed E-state index contributed by atoms with van der Waals surface area (Å²) in [6.45, 7) is 4.47. The topological polar surface area (TPSA) is 79.0 Å². The van der Waals surface area contributed by atoms with E-state index in [4.69, 9.17) is 4.74 Å². The van der Waals surface area contributed by atoms with Crippen LogP contribution in [-0.2, 0) is 17.7 Å². The van der Waals surface area contributed by atoms with Crippen molar-refractivity contribution in [2.45, 2.75) is 57.7 Å². The van der Waals surface area contributed by atoms with Gasteiger partial charge in [-0.2, -0.15) is 5.10 Å². The quantitative estimate of drug-likeness (QED) is 0.779. The van der Waals surface area contributed by atoms with Gasteiger partial charge in [-0.1, -0.05) is 6.42 Å². The molecule has 0 radical (unpaired) electrons. The maximum Gasteiger partial charge on any atom is 0.272 e. The van der Waals surface area contributed by atoms with Gasteiger partial charge in [-0.15, -0.1) is 0 Å².